The molecule has 0 saturated carbocycles. The van der Waals surface area contributed by atoms with Crippen LogP contribution in [-0.4, -0.2) is 30.2 Å². The molecule has 0 bridgehead atoms. The van der Waals surface area contributed by atoms with Crippen LogP contribution in [0.25, 0.3) is 6.08 Å². The third-order valence-electron chi connectivity index (χ3n) is 3.37. The second-order valence-electron chi connectivity index (χ2n) is 5.67. The third kappa shape index (κ3) is 5.08. The number of benzene rings is 1. The van der Waals surface area contributed by atoms with Gasteiger partial charge in [0.05, 0.1) is 13.7 Å². The molecular weight excluding hydrogens is 316 g/mol. The van der Waals surface area contributed by atoms with Gasteiger partial charge in [0.1, 0.15) is 5.49 Å². The maximum atomic E-state index is 12.5. The van der Waals surface area contributed by atoms with E-state index in [0.29, 0.717) is 23.6 Å². The van der Waals surface area contributed by atoms with E-state index in [1.807, 2.05) is 57.2 Å². The lowest BCUT2D eigenvalue weighted by atomic mass is 10.2. The number of hydrogen-bond acceptors (Lipinski definition) is 4. The van der Waals surface area contributed by atoms with Crippen molar-refractivity contribution in [2.75, 3.05) is 13.7 Å². The highest BCUT2D eigenvalue weighted by Gasteiger charge is 2.05. The Bertz CT molecular complexity index is 820. The van der Waals surface area contributed by atoms with Crippen molar-refractivity contribution >= 4 is 12.0 Å². The van der Waals surface area contributed by atoms with Crippen LogP contribution in [0.2, 0.25) is 0 Å². The van der Waals surface area contributed by atoms with Gasteiger partial charge in [0.2, 0.25) is 0 Å². The molecule has 0 atom stereocenters. The molecule has 25 heavy (non-hydrogen) atoms. The Labute approximate surface area is 148 Å². The van der Waals surface area contributed by atoms with E-state index in [9.17, 15) is 4.79 Å². The second kappa shape index (κ2) is 8.87. The van der Waals surface area contributed by atoms with Crippen LogP contribution in [0.15, 0.2) is 53.7 Å². The fraction of sp³-hybridized carbons (Fsp3) is 0.300. The van der Waals surface area contributed by atoms with Gasteiger partial charge in [0.15, 0.2) is 11.5 Å². The molecule has 0 amide bonds. The van der Waals surface area contributed by atoms with Crippen LogP contribution in [0.3, 0.4) is 0 Å². The smallest absolute Gasteiger partial charge is 0.256 e. The molecule has 1 aromatic carbocycles. The first-order valence-electron chi connectivity index (χ1n) is 8.30. The van der Waals surface area contributed by atoms with Crippen LogP contribution < -0.4 is 15.0 Å². The van der Waals surface area contributed by atoms with Gasteiger partial charge in [-0.25, -0.2) is 0 Å². The minimum absolute atomic E-state index is 0.112. The highest BCUT2D eigenvalue weighted by Crippen LogP contribution is 2.28. The third-order valence-corrected chi connectivity index (χ3v) is 3.37. The molecule has 0 aliphatic carbocycles. The molecule has 1 aromatic heterocycles. The molecule has 0 aliphatic heterocycles. The summed E-state index contributed by atoms with van der Waals surface area (Å²) < 4.78 is 12.4. The van der Waals surface area contributed by atoms with Crippen LogP contribution in [-0.2, 0) is 0 Å². The van der Waals surface area contributed by atoms with E-state index in [2.05, 4.69) is 4.99 Å². The molecule has 0 fully saturated rings. The number of aromatic nitrogens is 1. The Morgan fingerprint density at radius 1 is 1.24 bits per heavy atom. The maximum Gasteiger partial charge on any atom is 0.256 e. The molecule has 0 unspecified atom stereocenters. The number of hydrogen-bond donors (Lipinski definition) is 0. The first-order chi connectivity index (χ1) is 12.0. The number of rotatable bonds is 6. The Hall–Kier alpha value is -2.82. The largest absolute Gasteiger partial charge is 0.493 e. The predicted molar refractivity (Wildman–Crippen MR) is 99.0 cm³/mol. The molecule has 5 nitrogen and oxygen atoms in total. The van der Waals surface area contributed by atoms with E-state index in [1.54, 1.807) is 19.4 Å². The van der Waals surface area contributed by atoms with Gasteiger partial charge in [-0.2, -0.15) is 0 Å². The lowest BCUT2D eigenvalue weighted by Gasteiger charge is -2.09. The number of ether oxygens (including phenoxy) is 2. The molecule has 1 heterocycles. The van der Waals surface area contributed by atoms with E-state index in [0.717, 1.165) is 5.56 Å². The standard InChI is InChI=1S/C20H24N2O3/c1-5-25-17-11-9-16(14-18(17)24-4)10-12-20(23)22-13-7-6-8-19(22)21-15(2)3/h6-15H,5H2,1-4H3/b12-10+,21-19?. The summed E-state index contributed by atoms with van der Waals surface area (Å²) in [7, 11) is 1.59. The minimum atomic E-state index is -0.159. The van der Waals surface area contributed by atoms with Crippen LogP contribution in [0.4, 0.5) is 0 Å². The number of carbonyl (C=O) groups is 1. The SMILES string of the molecule is CCOc1ccc(/C=C/C(=O)n2ccccc2=NC(C)C)cc1OC. The molecule has 5 heteroatoms. The van der Waals surface area contributed by atoms with Crippen LogP contribution in [0.1, 0.15) is 31.1 Å². The number of pyridine rings is 1. The number of allylic oxidation sites excluding steroid dienone is 1. The monoisotopic (exact) mass is 340 g/mol. The summed E-state index contributed by atoms with van der Waals surface area (Å²) in [5.41, 5.74) is 1.49. The number of methoxy groups -OCH3 is 1. The fourth-order valence-corrected chi connectivity index (χ4v) is 2.30. The normalized spacial score (nSPS) is 12.0. The van der Waals surface area contributed by atoms with Crippen LogP contribution >= 0.6 is 0 Å². The summed E-state index contributed by atoms with van der Waals surface area (Å²) in [6, 6.07) is 11.2. The average Bonchev–Trinajstić information content (AvgIpc) is 2.60. The number of carbonyl (C=O) groups excluding carboxylic acids is 1. The van der Waals surface area contributed by atoms with E-state index >= 15 is 0 Å². The van der Waals surface area contributed by atoms with Crippen molar-refractivity contribution < 1.29 is 14.3 Å². The van der Waals surface area contributed by atoms with Crippen molar-refractivity contribution in [2.24, 2.45) is 4.99 Å². The zero-order valence-corrected chi connectivity index (χ0v) is 15.1. The molecule has 0 radical (unpaired) electrons. The van der Waals surface area contributed by atoms with Crippen molar-refractivity contribution in [3.63, 3.8) is 0 Å². The van der Waals surface area contributed by atoms with E-state index in [1.165, 1.54) is 10.6 Å². The van der Waals surface area contributed by atoms with Gasteiger partial charge in [-0.15, -0.1) is 0 Å². The lowest BCUT2D eigenvalue weighted by molar-refractivity contribution is 0.0964. The van der Waals surface area contributed by atoms with Crippen molar-refractivity contribution in [1.29, 1.82) is 0 Å². The second-order valence-corrected chi connectivity index (χ2v) is 5.67. The van der Waals surface area contributed by atoms with Gasteiger partial charge in [0.25, 0.3) is 5.91 Å². The molecule has 0 N–H and O–H groups in total. The Kier molecular flexibility index (Phi) is 6.57. The molecule has 0 saturated heterocycles. The van der Waals surface area contributed by atoms with Crippen molar-refractivity contribution in [3.8, 4) is 11.5 Å². The first kappa shape index (κ1) is 18.5. The van der Waals surface area contributed by atoms with E-state index in [4.69, 9.17) is 9.47 Å². The van der Waals surface area contributed by atoms with Crippen molar-refractivity contribution in [2.45, 2.75) is 26.8 Å². The fourth-order valence-electron chi connectivity index (χ4n) is 2.30. The summed E-state index contributed by atoms with van der Waals surface area (Å²) >= 11 is 0. The van der Waals surface area contributed by atoms with Gasteiger partial charge < -0.3 is 9.47 Å². The van der Waals surface area contributed by atoms with Gasteiger partial charge in [-0.1, -0.05) is 12.1 Å². The van der Waals surface area contributed by atoms with Crippen molar-refractivity contribution in [3.05, 3.63) is 59.7 Å². The topological polar surface area (TPSA) is 52.8 Å². The Balaban J connectivity index is 2.27. The quantitative estimate of drug-likeness (QED) is 0.756. The molecule has 0 aliphatic rings. The Morgan fingerprint density at radius 3 is 2.72 bits per heavy atom. The average molecular weight is 340 g/mol. The van der Waals surface area contributed by atoms with Crippen molar-refractivity contribution in [1.82, 2.24) is 4.57 Å². The summed E-state index contributed by atoms with van der Waals surface area (Å²) in [6.45, 7) is 6.44. The van der Waals surface area contributed by atoms with E-state index < -0.39 is 0 Å². The lowest BCUT2D eigenvalue weighted by Crippen LogP contribution is -2.26. The van der Waals surface area contributed by atoms with Gasteiger partial charge in [0, 0.05) is 18.3 Å². The molecule has 132 valence electrons. The van der Waals surface area contributed by atoms with E-state index in [-0.39, 0.29) is 11.9 Å². The summed E-state index contributed by atoms with van der Waals surface area (Å²) in [6.07, 6.45) is 4.99. The van der Waals surface area contributed by atoms with Gasteiger partial charge >= 0.3 is 0 Å². The zero-order valence-electron chi connectivity index (χ0n) is 15.1. The minimum Gasteiger partial charge on any atom is -0.493 e. The summed E-state index contributed by atoms with van der Waals surface area (Å²) in [5.74, 6) is 1.16. The molecule has 0 spiro atoms. The zero-order chi connectivity index (χ0) is 18.2. The van der Waals surface area contributed by atoms with Gasteiger partial charge in [-0.05, 0) is 56.7 Å². The summed E-state index contributed by atoms with van der Waals surface area (Å²) in [4.78, 5) is 17.0. The highest BCUT2D eigenvalue weighted by atomic mass is 16.5. The van der Waals surface area contributed by atoms with Crippen LogP contribution in [0, 0.1) is 0 Å². The molecular formula is C20H24N2O3. The predicted octanol–water partition coefficient (Wildman–Crippen LogP) is 3.56. The molecule has 2 aromatic rings. The number of nitrogens with zero attached hydrogens (tertiary/aromatic N) is 2. The maximum absolute atomic E-state index is 12.5. The summed E-state index contributed by atoms with van der Waals surface area (Å²) in [5, 5.41) is 0. The highest BCUT2D eigenvalue weighted by molar-refractivity contribution is 5.93. The Morgan fingerprint density at radius 2 is 2.04 bits per heavy atom. The molecule has 2 rings (SSSR count). The van der Waals surface area contributed by atoms with Crippen LogP contribution in [0.5, 0.6) is 11.5 Å². The van der Waals surface area contributed by atoms with Gasteiger partial charge in [-0.3, -0.25) is 14.4 Å². The first-order valence-corrected chi connectivity index (χ1v) is 8.30.